The van der Waals surface area contributed by atoms with Gasteiger partial charge in [-0.3, -0.25) is 0 Å². The van der Waals surface area contributed by atoms with Crippen LogP contribution in [0, 0.1) is 5.41 Å². The van der Waals surface area contributed by atoms with Crippen LogP contribution in [0.4, 0.5) is 0 Å². The second-order valence-corrected chi connectivity index (χ2v) is 5.22. The molecule has 0 spiro atoms. The van der Waals surface area contributed by atoms with E-state index in [0.717, 1.165) is 19.3 Å². The molecule has 0 saturated heterocycles. The Morgan fingerprint density at radius 3 is 1.67 bits per heavy atom. The summed E-state index contributed by atoms with van der Waals surface area (Å²) in [6, 6.07) is 0. The first-order valence-electron chi connectivity index (χ1n) is 6.08. The van der Waals surface area contributed by atoms with Crippen LogP contribution in [0.15, 0.2) is 0 Å². The fourth-order valence-corrected chi connectivity index (χ4v) is 1.10. The summed E-state index contributed by atoms with van der Waals surface area (Å²) in [5, 5.41) is 19.3. The van der Waals surface area contributed by atoms with Crippen LogP contribution in [0.3, 0.4) is 0 Å². The van der Waals surface area contributed by atoms with Crippen LogP contribution < -0.4 is 10.2 Å². The van der Waals surface area contributed by atoms with Crippen LogP contribution in [0.25, 0.3) is 0 Å². The second kappa shape index (κ2) is 12.9. The number of aliphatic carboxylic acids is 2. The maximum absolute atomic E-state index is 10.0. The van der Waals surface area contributed by atoms with Gasteiger partial charge < -0.3 is 19.8 Å². The molecule has 0 fully saturated rings. The van der Waals surface area contributed by atoms with Crippen LogP contribution in [0.1, 0.15) is 66.2 Å². The second-order valence-electron chi connectivity index (χ2n) is 5.22. The van der Waals surface area contributed by atoms with Gasteiger partial charge in [-0.2, -0.15) is 0 Å². The van der Waals surface area contributed by atoms with Crippen LogP contribution in [0.5, 0.6) is 0 Å². The standard InChI is InChI=1S/C10H20O2.C3H6O2.Ni/c1-10(2,3)8-6-4-5-7-9(11)12;1-2-3(4)5;/h4-8H2,1-3H3,(H,11,12);2H2,1H3,(H,4,5);/q;;+2/p-2. The van der Waals surface area contributed by atoms with Crippen molar-refractivity contribution in [3.8, 4) is 0 Å². The van der Waals surface area contributed by atoms with Gasteiger partial charge in [0, 0.05) is 11.9 Å². The summed E-state index contributed by atoms with van der Waals surface area (Å²) in [5.74, 6) is -1.92. The number of carbonyl (C=O) groups is 2. The van der Waals surface area contributed by atoms with Crippen molar-refractivity contribution < 1.29 is 36.3 Å². The number of rotatable bonds is 6. The summed E-state index contributed by atoms with van der Waals surface area (Å²) in [6.07, 6.45) is 4.38. The summed E-state index contributed by atoms with van der Waals surface area (Å²) in [4.78, 5) is 19.3. The fraction of sp³-hybridized carbons (Fsp3) is 0.846. The molecule has 0 atom stereocenters. The maximum Gasteiger partial charge on any atom is 2.00 e. The van der Waals surface area contributed by atoms with Gasteiger partial charge in [-0.05, 0) is 31.1 Å². The molecular formula is C13H24NiO4. The molecule has 0 aliphatic rings. The molecule has 0 rings (SSSR count). The van der Waals surface area contributed by atoms with Crippen molar-refractivity contribution >= 4 is 11.9 Å². The molecule has 0 aromatic rings. The van der Waals surface area contributed by atoms with Gasteiger partial charge in [0.25, 0.3) is 0 Å². The Bertz CT molecular complexity index is 222. The van der Waals surface area contributed by atoms with Crippen molar-refractivity contribution in [3.05, 3.63) is 0 Å². The molecule has 0 saturated carbocycles. The van der Waals surface area contributed by atoms with Crippen molar-refractivity contribution in [1.82, 2.24) is 0 Å². The van der Waals surface area contributed by atoms with Crippen molar-refractivity contribution in [3.63, 3.8) is 0 Å². The number of unbranched alkanes of at least 4 members (excludes halogenated alkanes) is 2. The first-order chi connectivity index (χ1) is 7.69. The van der Waals surface area contributed by atoms with Gasteiger partial charge in [-0.15, -0.1) is 0 Å². The quantitative estimate of drug-likeness (QED) is 0.539. The van der Waals surface area contributed by atoms with Gasteiger partial charge in [0.15, 0.2) is 0 Å². The molecule has 18 heavy (non-hydrogen) atoms. The Hall–Kier alpha value is -0.566. The molecule has 0 unspecified atom stereocenters. The topological polar surface area (TPSA) is 80.3 Å². The first-order valence-corrected chi connectivity index (χ1v) is 6.08. The van der Waals surface area contributed by atoms with E-state index in [2.05, 4.69) is 20.8 Å². The number of carbonyl (C=O) groups excluding carboxylic acids is 2. The Morgan fingerprint density at radius 2 is 1.39 bits per heavy atom. The minimum Gasteiger partial charge on any atom is -0.550 e. The molecule has 4 nitrogen and oxygen atoms in total. The molecule has 0 aromatic heterocycles. The molecule has 110 valence electrons. The van der Waals surface area contributed by atoms with Gasteiger partial charge in [0.1, 0.15) is 0 Å². The molecule has 0 aliphatic heterocycles. The van der Waals surface area contributed by atoms with Crippen LogP contribution in [0.2, 0.25) is 0 Å². The summed E-state index contributed by atoms with van der Waals surface area (Å²) >= 11 is 0. The predicted octanol–water partition coefficient (Wildman–Crippen LogP) is 0.877. The largest absolute Gasteiger partial charge is 2.00 e. The van der Waals surface area contributed by atoms with E-state index >= 15 is 0 Å². The van der Waals surface area contributed by atoms with Crippen LogP contribution >= 0.6 is 0 Å². The zero-order chi connectivity index (χ0) is 13.9. The molecular weight excluding hydrogens is 279 g/mol. The third-order valence-corrected chi connectivity index (χ3v) is 2.10. The van der Waals surface area contributed by atoms with E-state index in [1.54, 1.807) is 0 Å². The number of hydrogen-bond acceptors (Lipinski definition) is 4. The van der Waals surface area contributed by atoms with E-state index < -0.39 is 11.9 Å². The van der Waals surface area contributed by atoms with E-state index in [9.17, 15) is 19.8 Å². The summed E-state index contributed by atoms with van der Waals surface area (Å²) in [7, 11) is 0. The molecule has 5 heteroatoms. The monoisotopic (exact) mass is 302 g/mol. The average Bonchev–Trinajstić information content (AvgIpc) is 2.16. The van der Waals surface area contributed by atoms with Gasteiger partial charge in [-0.25, -0.2) is 0 Å². The molecule has 0 aliphatic carbocycles. The van der Waals surface area contributed by atoms with Crippen molar-refractivity contribution in [2.24, 2.45) is 5.41 Å². The minimum absolute atomic E-state index is 0. The Balaban J connectivity index is -0.000000321. The first kappa shape index (κ1) is 22.6. The molecule has 0 heterocycles. The summed E-state index contributed by atoms with van der Waals surface area (Å²) in [5.41, 5.74) is 0.376. The zero-order valence-corrected chi connectivity index (χ0v) is 12.7. The van der Waals surface area contributed by atoms with Crippen LogP contribution in [-0.4, -0.2) is 11.9 Å². The van der Waals surface area contributed by atoms with Gasteiger partial charge >= 0.3 is 16.5 Å². The SMILES string of the molecule is CC(C)(C)CCCCCC(=O)[O-].CCC(=O)[O-].[Ni+2]. The minimum atomic E-state index is -0.995. The smallest absolute Gasteiger partial charge is 0.550 e. The van der Waals surface area contributed by atoms with E-state index in [1.165, 1.54) is 13.3 Å². The third kappa shape index (κ3) is 29.5. The molecule has 0 amide bonds. The zero-order valence-electron chi connectivity index (χ0n) is 11.7. The molecule has 0 bridgehead atoms. The third-order valence-electron chi connectivity index (χ3n) is 2.10. The number of carboxylic acid groups (broad SMARTS) is 2. The van der Waals surface area contributed by atoms with E-state index in [-0.39, 0.29) is 29.3 Å². The molecule has 0 aromatic carbocycles. The van der Waals surface area contributed by atoms with E-state index in [0.29, 0.717) is 5.41 Å². The van der Waals surface area contributed by atoms with Crippen molar-refractivity contribution in [2.45, 2.75) is 66.2 Å². The van der Waals surface area contributed by atoms with Crippen LogP contribution in [-0.2, 0) is 26.1 Å². The van der Waals surface area contributed by atoms with Crippen molar-refractivity contribution in [1.29, 1.82) is 0 Å². The molecule has 0 N–H and O–H groups in total. The molecule has 0 radical (unpaired) electrons. The average molecular weight is 303 g/mol. The van der Waals surface area contributed by atoms with Gasteiger partial charge in [0.05, 0.1) is 0 Å². The van der Waals surface area contributed by atoms with E-state index in [4.69, 9.17) is 0 Å². The summed E-state index contributed by atoms with van der Waals surface area (Å²) in [6.45, 7) is 8.14. The Kier molecular flexibility index (Phi) is 16.2. The Labute approximate surface area is 120 Å². The number of hydrogen-bond donors (Lipinski definition) is 0. The summed E-state index contributed by atoms with van der Waals surface area (Å²) < 4.78 is 0. The van der Waals surface area contributed by atoms with E-state index in [1.807, 2.05) is 0 Å². The normalized spacial score (nSPS) is 9.78. The fourth-order valence-electron chi connectivity index (χ4n) is 1.10. The van der Waals surface area contributed by atoms with Gasteiger partial charge in [0.2, 0.25) is 0 Å². The maximum atomic E-state index is 10.0. The van der Waals surface area contributed by atoms with Gasteiger partial charge in [-0.1, -0.05) is 40.5 Å². The Morgan fingerprint density at radius 1 is 0.944 bits per heavy atom. The predicted molar refractivity (Wildman–Crippen MR) is 62.8 cm³/mol. The van der Waals surface area contributed by atoms with Crippen molar-refractivity contribution in [2.75, 3.05) is 0 Å². The number of carboxylic acids is 2.